The van der Waals surface area contributed by atoms with E-state index in [0.717, 1.165) is 0 Å². The normalized spacial score (nSPS) is 10.4. The van der Waals surface area contributed by atoms with Crippen molar-refractivity contribution in [1.82, 2.24) is 0 Å². The van der Waals surface area contributed by atoms with Crippen LogP contribution in [0.5, 0.6) is 0 Å². The van der Waals surface area contributed by atoms with Gasteiger partial charge in [-0.1, -0.05) is 23.7 Å². The summed E-state index contributed by atoms with van der Waals surface area (Å²) in [6, 6.07) is 9.08. The van der Waals surface area contributed by atoms with Crippen LogP contribution in [0.3, 0.4) is 0 Å². The molecule has 0 aliphatic carbocycles. The number of rotatable bonds is 4. The van der Waals surface area contributed by atoms with E-state index >= 15 is 0 Å². The molecule has 0 saturated heterocycles. The monoisotopic (exact) mass is 308 g/mol. The highest BCUT2D eigenvalue weighted by atomic mass is 35.5. The summed E-state index contributed by atoms with van der Waals surface area (Å²) in [4.78, 5) is 12.7. The number of nitrogen functional groups attached to an aromatic ring is 1. The molecule has 0 heterocycles. The number of carboxylic acid groups (broad SMARTS) is 1. The van der Waals surface area contributed by atoms with Crippen molar-refractivity contribution in [2.24, 2.45) is 0 Å². The predicted octanol–water partition coefficient (Wildman–Crippen LogP) is 3.40. The highest BCUT2D eigenvalue weighted by molar-refractivity contribution is 6.31. The second kappa shape index (κ2) is 6.01. The van der Waals surface area contributed by atoms with Crippen LogP contribution in [0.15, 0.2) is 36.4 Å². The van der Waals surface area contributed by atoms with Crippen LogP contribution < -0.4 is 10.6 Å². The topological polar surface area (TPSA) is 66.6 Å². The fourth-order valence-corrected chi connectivity index (χ4v) is 2.23. The number of hydrogen-bond acceptors (Lipinski definition) is 3. The van der Waals surface area contributed by atoms with Gasteiger partial charge in [0, 0.05) is 13.6 Å². The van der Waals surface area contributed by atoms with Gasteiger partial charge in [0.15, 0.2) is 0 Å². The van der Waals surface area contributed by atoms with Gasteiger partial charge >= 0.3 is 5.97 Å². The smallest absolute Gasteiger partial charge is 0.335 e. The lowest BCUT2D eigenvalue weighted by molar-refractivity contribution is 0.0697. The van der Waals surface area contributed by atoms with Crippen molar-refractivity contribution in [3.63, 3.8) is 0 Å². The molecule has 0 unspecified atom stereocenters. The molecule has 0 fully saturated rings. The van der Waals surface area contributed by atoms with Crippen molar-refractivity contribution < 1.29 is 14.3 Å². The molecule has 0 aliphatic heterocycles. The maximum absolute atomic E-state index is 13.4. The van der Waals surface area contributed by atoms with Gasteiger partial charge in [0.05, 0.1) is 22.0 Å². The number of nitrogens with two attached hydrogens (primary N) is 1. The second-order valence-corrected chi connectivity index (χ2v) is 5.03. The summed E-state index contributed by atoms with van der Waals surface area (Å²) in [5, 5.41) is 8.99. The molecule has 2 rings (SSSR count). The van der Waals surface area contributed by atoms with E-state index in [4.69, 9.17) is 22.4 Å². The summed E-state index contributed by atoms with van der Waals surface area (Å²) < 4.78 is 13.4. The lowest BCUT2D eigenvalue weighted by Gasteiger charge is -2.22. The molecule has 0 aromatic heterocycles. The zero-order valence-electron chi connectivity index (χ0n) is 11.3. The number of halogens is 2. The van der Waals surface area contributed by atoms with Gasteiger partial charge in [-0.15, -0.1) is 0 Å². The summed E-state index contributed by atoms with van der Waals surface area (Å²) in [5.41, 5.74) is 7.61. The Labute approximate surface area is 126 Å². The number of benzene rings is 2. The highest BCUT2D eigenvalue weighted by Gasteiger charge is 2.12. The zero-order valence-corrected chi connectivity index (χ0v) is 12.1. The summed E-state index contributed by atoms with van der Waals surface area (Å²) in [7, 11) is 1.77. The van der Waals surface area contributed by atoms with Crippen LogP contribution in [0.25, 0.3) is 0 Å². The molecule has 0 atom stereocenters. The van der Waals surface area contributed by atoms with E-state index in [9.17, 15) is 9.18 Å². The minimum Gasteiger partial charge on any atom is -0.478 e. The largest absolute Gasteiger partial charge is 0.478 e. The van der Waals surface area contributed by atoms with Gasteiger partial charge in [0.1, 0.15) is 5.82 Å². The number of hydrogen-bond donors (Lipinski definition) is 2. The third-order valence-corrected chi connectivity index (χ3v) is 3.55. The minimum atomic E-state index is -1.04. The summed E-state index contributed by atoms with van der Waals surface area (Å²) >= 11 is 5.92. The third-order valence-electron chi connectivity index (χ3n) is 3.12. The van der Waals surface area contributed by atoms with Crippen LogP contribution >= 0.6 is 11.6 Å². The Kier molecular flexibility index (Phi) is 4.33. The highest BCUT2D eigenvalue weighted by Crippen LogP contribution is 2.27. The van der Waals surface area contributed by atoms with E-state index in [0.29, 0.717) is 23.5 Å². The van der Waals surface area contributed by atoms with E-state index in [2.05, 4.69) is 0 Å². The molecule has 0 radical (unpaired) electrons. The van der Waals surface area contributed by atoms with Crippen molar-refractivity contribution in [3.05, 3.63) is 58.4 Å². The molecule has 4 nitrogen and oxygen atoms in total. The van der Waals surface area contributed by atoms with Crippen LogP contribution in [-0.2, 0) is 6.54 Å². The molecule has 0 amide bonds. The summed E-state index contributed by atoms with van der Waals surface area (Å²) in [6.45, 7) is 0.354. The molecule has 2 aromatic carbocycles. The third kappa shape index (κ3) is 3.25. The van der Waals surface area contributed by atoms with Gasteiger partial charge in [-0.25, -0.2) is 9.18 Å². The average Bonchev–Trinajstić information content (AvgIpc) is 2.43. The Balaban J connectivity index is 2.26. The van der Waals surface area contributed by atoms with Gasteiger partial charge < -0.3 is 15.7 Å². The van der Waals surface area contributed by atoms with Crippen molar-refractivity contribution in [3.8, 4) is 0 Å². The zero-order chi connectivity index (χ0) is 15.6. The Hall–Kier alpha value is -2.27. The van der Waals surface area contributed by atoms with Gasteiger partial charge in [-0.3, -0.25) is 0 Å². The maximum atomic E-state index is 13.4. The molecule has 21 heavy (non-hydrogen) atoms. The summed E-state index contributed by atoms with van der Waals surface area (Å²) in [5.74, 6) is -1.51. The van der Waals surface area contributed by atoms with Gasteiger partial charge in [0.2, 0.25) is 0 Å². The Morgan fingerprint density at radius 3 is 2.71 bits per heavy atom. The van der Waals surface area contributed by atoms with Crippen molar-refractivity contribution >= 4 is 28.9 Å². The van der Waals surface area contributed by atoms with E-state index in [1.54, 1.807) is 30.1 Å². The first-order valence-corrected chi connectivity index (χ1v) is 6.54. The quantitative estimate of drug-likeness (QED) is 0.850. The number of nitrogens with zero attached hydrogens (tertiary/aromatic N) is 1. The first-order valence-electron chi connectivity index (χ1n) is 6.17. The lowest BCUT2D eigenvalue weighted by Crippen LogP contribution is -2.18. The van der Waals surface area contributed by atoms with Crippen LogP contribution in [0.1, 0.15) is 15.9 Å². The molecule has 3 N–H and O–H groups in total. The van der Waals surface area contributed by atoms with Gasteiger partial charge in [0.25, 0.3) is 0 Å². The second-order valence-electron chi connectivity index (χ2n) is 4.65. The van der Waals surface area contributed by atoms with Crippen molar-refractivity contribution in [2.75, 3.05) is 17.7 Å². The maximum Gasteiger partial charge on any atom is 0.335 e. The lowest BCUT2D eigenvalue weighted by atomic mass is 10.1. The Morgan fingerprint density at radius 1 is 1.38 bits per heavy atom. The molecule has 0 spiro atoms. The molecule has 2 aromatic rings. The molecular weight excluding hydrogens is 295 g/mol. The fraction of sp³-hybridized carbons (Fsp3) is 0.133. The molecule has 110 valence electrons. The van der Waals surface area contributed by atoms with Gasteiger partial charge in [-0.2, -0.15) is 0 Å². The molecule has 0 aliphatic rings. The van der Waals surface area contributed by atoms with Crippen LogP contribution in [0.4, 0.5) is 15.8 Å². The van der Waals surface area contributed by atoms with E-state index in [-0.39, 0.29) is 10.6 Å². The number of anilines is 2. The predicted molar refractivity (Wildman–Crippen MR) is 81.3 cm³/mol. The van der Waals surface area contributed by atoms with E-state index in [1.807, 2.05) is 0 Å². The molecule has 0 bridgehead atoms. The molecule has 6 heteroatoms. The minimum absolute atomic E-state index is 0.0741. The number of carbonyl (C=O) groups is 1. The number of aromatic carboxylic acids is 1. The first-order chi connectivity index (χ1) is 9.90. The Morgan fingerprint density at radius 2 is 2.10 bits per heavy atom. The standard InChI is InChI=1S/C15H14ClFN2O2/c1-19(8-10-3-2-4-11(17)14(10)16)13-6-5-9(15(20)21)7-12(13)18/h2-7H,8,18H2,1H3,(H,20,21). The SMILES string of the molecule is CN(Cc1cccc(F)c1Cl)c1ccc(C(=O)O)cc1N. The van der Waals surface area contributed by atoms with Crippen LogP contribution in [0, 0.1) is 5.82 Å². The molecule has 0 saturated carbocycles. The van der Waals surface area contributed by atoms with Crippen LogP contribution in [-0.4, -0.2) is 18.1 Å². The van der Waals surface area contributed by atoms with Crippen LogP contribution in [0.2, 0.25) is 5.02 Å². The van der Waals surface area contributed by atoms with E-state index in [1.165, 1.54) is 18.2 Å². The van der Waals surface area contributed by atoms with Gasteiger partial charge in [-0.05, 0) is 29.8 Å². The average molecular weight is 309 g/mol. The fourth-order valence-electron chi connectivity index (χ4n) is 2.05. The summed E-state index contributed by atoms with van der Waals surface area (Å²) in [6.07, 6.45) is 0. The Bertz CT molecular complexity index is 691. The first kappa shape index (κ1) is 15.1. The molecular formula is C15H14ClFN2O2. The number of carboxylic acids is 1. The van der Waals surface area contributed by atoms with Crippen molar-refractivity contribution in [2.45, 2.75) is 6.54 Å². The van der Waals surface area contributed by atoms with Crippen molar-refractivity contribution in [1.29, 1.82) is 0 Å². The van der Waals surface area contributed by atoms with E-state index < -0.39 is 11.8 Å².